The fourth-order valence-electron chi connectivity index (χ4n) is 8.76. The fraction of sp³-hybridized carbons (Fsp3) is 0.333. The summed E-state index contributed by atoms with van der Waals surface area (Å²) in [5.41, 5.74) is -5.22. The number of nitro groups is 2. The van der Waals surface area contributed by atoms with Crippen molar-refractivity contribution in [2.45, 2.75) is 28.5 Å². The van der Waals surface area contributed by atoms with Crippen LogP contribution in [0.4, 0.5) is 50.4 Å². The molecule has 0 unspecified atom stereocenters. The number of phenolic OH excluding ortho intramolecular Hbond substituents is 1. The second-order valence-corrected chi connectivity index (χ2v) is 15.4. The Morgan fingerprint density at radius 2 is 1.37 bits per heavy atom. The van der Waals surface area contributed by atoms with Crippen molar-refractivity contribution < 1.29 is 65.6 Å². The van der Waals surface area contributed by atoms with E-state index >= 15 is 8.78 Å². The number of carbonyl (C=O) groups excluding carboxylic acids is 4. The number of alkyl halides is 2. The molecule has 2 heterocycles. The van der Waals surface area contributed by atoms with Crippen LogP contribution in [0.3, 0.4) is 0 Å². The molecule has 7 rings (SSSR count). The van der Waals surface area contributed by atoms with Gasteiger partial charge < -0.3 is 19.5 Å². The van der Waals surface area contributed by atoms with Crippen LogP contribution in [0.15, 0.2) is 35.9 Å². The molecule has 23 heteroatoms. The Labute approximate surface area is 337 Å². The minimum atomic E-state index is -3.02. The van der Waals surface area contributed by atoms with Gasteiger partial charge in [-0.25, -0.2) is 31.8 Å². The van der Waals surface area contributed by atoms with Gasteiger partial charge in [0.15, 0.2) is 38.7 Å². The summed E-state index contributed by atoms with van der Waals surface area (Å²) in [5, 5.41) is 35.8. The highest BCUT2D eigenvalue weighted by Crippen LogP contribution is 2.68. The van der Waals surface area contributed by atoms with E-state index in [0.29, 0.717) is 4.90 Å². The van der Waals surface area contributed by atoms with Crippen LogP contribution in [0.5, 0.6) is 17.2 Å². The predicted octanol–water partition coefficient (Wildman–Crippen LogP) is 5.76. The monoisotopic (exact) mass is 869 g/mol. The number of allylic oxidation sites excluding steroid dienone is 2. The van der Waals surface area contributed by atoms with Gasteiger partial charge in [-0.2, -0.15) is 0 Å². The molecule has 0 bridgehead atoms. The third-order valence-electron chi connectivity index (χ3n) is 11.2. The van der Waals surface area contributed by atoms with Crippen LogP contribution >= 0.6 is 23.2 Å². The molecule has 4 amide bonds. The SMILES string of the molecule is COc1cc(O)c([C@H]2C3=CC[C@@H]4C(=O)N(c5cc([N+](=O)[O-])c(N(C)C)c([N+](=O)[O-])c5)C(=O)[C@@H]4[C@@H]3C[C@@]3(Cl)C(=O)N(c4c(F)c(F)c(F)c(F)c4F)C(=O)[C@@]23Cl)c(OC)c1. The summed E-state index contributed by atoms with van der Waals surface area (Å²) >= 11 is 14.3. The summed E-state index contributed by atoms with van der Waals surface area (Å²) < 4.78 is 84.8. The average Bonchev–Trinajstić information content (AvgIpc) is 3.53. The molecular formula is C36H26Cl2F5N5O11. The fourth-order valence-corrected chi connectivity index (χ4v) is 9.68. The quantitative estimate of drug-likeness (QED) is 0.0420. The van der Waals surface area contributed by atoms with Crippen molar-refractivity contribution in [1.29, 1.82) is 0 Å². The Kier molecular flexibility index (Phi) is 9.58. The van der Waals surface area contributed by atoms with Gasteiger partial charge in [0.1, 0.15) is 22.9 Å². The number of fused-ring (bicyclic) bond motifs is 4. The minimum Gasteiger partial charge on any atom is -0.507 e. The first-order valence-corrected chi connectivity index (χ1v) is 17.8. The Balaban J connectivity index is 1.46. The maximum atomic E-state index is 15.4. The zero-order valence-electron chi connectivity index (χ0n) is 30.5. The van der Waals surface area contributed by atoms with Crippen molar-refractivity contribution in [2.24, 2.45) is 17.8 Å². The molecule has 0 aromatic heterocycles. The topological polar surface area (TPSA) is 203 Å². The maximum absolute atomic E-state index is 15.4. The van der Waals surface area contributed by atoms with E-state index in [1.54, 1.807) is 0 Å². The number of ether oxygens (including phenoxy) is 2. The number of methoxy groups -OCH3 is 2. The van der Waals surface area contributed by atoms with Crippen LogP contribution in [0.2, 0.25) is 0 Å². The van der Waals surface area contributed by atoms with E-state index in [-0.39, 0.29) is 23.5 Å². The number of nitro benzene ring substituents is 2. The second kappa shape index (κ2) is 13.8. The second-order valence-electron chi connectivity index (χ2n) is 14.2. The van der Waals surface area contributed by atoms with Crippen LogP contribution in [0.25, 0.3) is 0 Å². The van der Waals surface area contributed by atoms with Gasteiger partial charge in [0.05, 0.1) is 41.6 Å². The first kappa shape index (κ1) is 41.1. The largest absolute Gasteiger partial charge is 0.507 e. The number of anilines is 3. The standard InChI is InChI=1S/C36H26Cl2F5N5O11/c1-44(2)29-17(47(54)55)7-12(8-18(29)48(56)57)45-31(50)15-6-5-14-16(21(15)32(45)51)11-35(37)33(52)46(30-27(42)25(40)24(39)26(41)28(30)43)34(53)36(35,38)23(14)22-19(49)9-13(58-3)10-20(22)59-4/h5,7-10,15-16,21,23,49H,6,11H2,1-4H3/t15-,16+,21-,23+,35+,36-/m0/s1. The number of carbonyl (C=O) groups is 4. The summed E-state index contributed by atoms with van der Waals surface area (Å²) in [6.45, 7) is 0. The summed E-state index contributed by atoms with van der Waals surface area (Å²) in [6.07, 6.45) is 0.0384. The Hall–Kier alpha value is -6.09. The number of rotatable bonds is 8. The van der Waals surface area contributed by atoms with Crippen molar-refractivity contribution in [3.05, 3.63) is 90.8 Å². The molecule has 0 spiro atoms. The number of nitrogens with zero attached hydrogens (tertiary/aromatic N) is 5. The van der Waals surface area contributed by atoms with E-state index in [1.807, 2.05) is 0 Å². The number of aromatic hydroxyl groups is 1. The van der Waals surface area contributed by atoms with Gasteiger partial charge in [0, 0.05) is 49.8 Å². The van der Waals surface area contributed by atoms with Crippen LogP contribution < -0.4 is 24.2 Å². The van der Waals surface area contributed by atoms with Gasteiger partial charge in [-0.3, -0.25) is 39.4 Å². The lowest BCUT2D eigenvalue weighted by molar-refractivity contribution is -0.392. The Morgan fingerprint density at radius 1 is 0.814 bits per heavy atom. The Bertz CT molecular complexity index is 2460. The van der Waals surface area contributed by atoms with E-state index < -0.39 is 147 Å². The maximum Gasteiger partial charge on any atom is 0.301 e. The molecule has 59 heavy (non-hydrogen) atoms. The van der Waals surface area contributed by atoms with E-state index in [4.69, 9.17) is 32.7 Å². The van der Waals surface area contributed by atoms with Crippen molar-refractivity contribution in [3.63, 3.8) is 0 Å². The lowest BCUT2D eigenvalue weighted by Crippen LogP contribution is -2.60. The summed E-state index contributed by atoms with van der Waals surface area (Å²) in [6, 6.07) is 3.78. The molecule has 3 aromatic rings. The van der Waals surface area contributed by atoms with Crippen molar-refractivity contribution in [1.82, 2.24) is 0 Å². The third kappa shape index (κ3) is 5.39. The van der Waals surface area contributed by atoms with E-state index in [9.17, 15) is 57.7 Å². The zero-order chi connectivity index (χ0) is 43.5. The van der Waals surface area contributed by atoms with Crippen molar-refractivity contribution >= 4 is 75.3 Å². The normalized spacial score (nSPS) is 26.1. The first-order valence-electron chi connectivity index (χ1n) is 17.1. The predicted molar refractivity (Wildman–Crippen MR) is 194 cm³/mol. The number of phenols is 1. The van der Waals surface area contributed by atoms with Crippen LogP contribution in [-0.4, -0.2) is 76.6 Å². The van der Waals surface area contributed by atoms with Crippen LogP contribution in [-0.2, 0) is 19.2 Å². The molecule has 2 aliphatic carbocycles. The number of benzene rings is 3. The number of amides is 4. The number of hydrogen-bond acceptors (Lipinski definition) is 12. The molecule has 0 radical (unpaired) electrons. The van der Waals surface area contributed by atoms with Gasteiger partial charge in [-0.1, -0.05) is 11.6 Å². The minimum absolute atomic E-state index is 0.0264. The molecule has 2 aliphatic heterocycles. The van der Waals surface area contributed by atoms with Crippen LogP contribution in [0, 0.1) is 67.1 Å². The molecule has 1 N–H and O–H groups in total. The summed E-state index contributed by atoms with van der Waals surface area (Å²) in [4.78, 5) is 75.4. The average molecular weight is 871 g/mol. The molecule has 3 aromatic carbocycles. The summed E-state index contributed by atoms with van der Waals surface area (Å²) in [7, 11) is 4.91. The molecule has 6 atom stereocenters. The number of hydrogen-bond donors (Lipinski definition) is 1. The third-order valence-corrected chi connectivity index (χ3v) is 12.6. The van der Waals surface area contributed by atoms with Crippen molar-refractivity contribution in [2.75, 3.05) is 43.0 Å². The summed E-state index contributed by atoms with van der Waals surface area (Å²) in [5.74, 6) is -26.0. The van der Waals surface area contributed by atoms with E-state index in [1.165, 1.54) is 33.3 Å². The smallest absolute Gasteiger partial charge is 0.301 e. The molecule has 4 aliphatic rings. The Morgan fingerprint density at radius 3 is 1.88 bits per heavy atom. The lowest BCUT2D eigenvalue weighted by Gasteiger charge is -2.50. The number of imide groups is 2. The zero-order valence-corrected chi connectivity index (χ0v) is 32.0. The number of halogens is 7. The highest BCUT2D eigenvalue weighted by molar-refractivity contribution is 6.58. The van der Waals surface area contributed by atoms with Gasteiger partial charge in [-0.15, -0.1) is 23.2 Å². The van der Waals surface area contributed by atoms with Gasteiger partial charge in [0.2, 0.25) is 17.6 Å². The molecule has 310 valence electrons. The molecule has 16 nitrogen and oxygen atoms in total. The van der Waals surface area contributed by atoms with E-state index in [2.05, 4.69) is 0 Å². The van der Waals surface area contributed by atoms with E-state index in [0.717, 1.165) is 30.2 Å². The van der Waals surface area contributed by atoms with Crippen LogP contribution in [0.1, 0.15) is 24.3 Å². The molecule has 2 saturated heterocycles. The van der Waals surface area contributed by atoms with Gasteiger partial charge in [0.25, 0.3) is 11.8 Å². The molecule has 3 fully saturated rings. The lowest BCUT2D eigenvalue weighted by atomic mass is 9.56. The molecule has 1 saturated carbocycles. The van der Waals surface area contributed by atoms with Gasteiger partial charge >= 0.3 is 11.4 Å². The van der Waals surface area contributed by atoms with Gasteiger partial charge in [-0.05, 0) is 18.8 Å². The highest BCUT2D eigenvalue weighted by Gasteiger charge is 2.77. The first-order chi connectivity index (χ1) is 27.6. The highest BCUT2D eigenvalue weighted by atomic mass is 35.5. The molecular weight excluding hydrogens is 844 g/mol. The van der Waals surface area contributed by atoms with Crippen molar-refractivity contribution in [3.8, 4) is 17.2 Å².